The molecule has 0 bridgehead atoms. The largest absolute Gasteiger partial charge is 0.220 e. The fraction of sp³-hybridized carbons (Fsp3) is 0.0678. The van der Waals surface area contributed by atoms with Crippen LogP contribution in [0.2, 0.25) is 0 Å². The Morgan fingerprint density at radius 3 is 0.833 bits per heavy atom. The highest BCUT2D eigenvalue weighted by atomic mass is 32.1. The lowest BCUT2D eigenvalue weighted by Crippen LogP contribution is -1.93. The number of halogens is 1. The van der Waals surface area contributed by atoms with Crippen LogP contribution in [0.4, 0.5) is 4.39 Å². The van der Waals surface area contributed by atoms with E-state index in [4.69, 9.17) is 0 Å². The highest BCUT2D eigenvalue weighted by Gasteiger charge is 2.09. The summed E-state index contributed by atoms with van der Waals surface area (Å²) >= 11 is 1.78. The number of thiophene rings is 1. The van der Waals surface area contributed by atoms with Crippen LogP contribution in [0.5, 0.6) is 0 Å². The lowest BCUT2D eigenvalue weighted by atomic mass is 9.99. The molecule has 126 heavy (non-hydrogen) atoms. The van der Waals surface area contributed by atoms with Crippen molar-refractivity contribution in [2.75, 3.05) is 0 Å². The third kappa shape index (κ3) is 26.8. The first-order valence-corrected chi connectivity index (χ1v) is 43.3. The summed E-state index contributed by atoms with van der Waals surface area (Å²) in [5.41, 5.74) is 35.0. The Labute approximate surface area is 747 Å². The van der Waals surface area contributed by atoms with Gasteiger partial charge in [-0.2, -0.15) is 0 Å². The van der Waals surface area contributed by atoms with Crippen LogP contribution in [0.1, 0.15) is 44.5 Å². The van der Waals surface area contributed by atoms with E-state index in [1.54, 1.807) is 32.8 Å². The molecule has 20 rings (SSSR count). The van der Waals surface area contributed by atoms with Gasteiger partial charge in [0.1, 0.15) is 17.2 Å². The molecule has 0 amide bonds. The number of aromatic nitrogens is 6. The normalized spacial score (nSPS) is 10.3. The molecule has 0 aliphatic carbocycles. The molecular weight excluding hydrogens is 1550 g/mol. The van der Waals surface area contributed by atoms with E-state index in [1.165, 1.54) is 134 Å². The monoisotopic (exact) mass is 1650 g/mol. The van der Waals surface area contributed by atoms with Crippen LogP contribution in [0.15, 0.2) is 479 Å². The molecule has 6 nitrogen and oxygen atoms in total. The molecule has 0 N–H and O–H groups in total. The SMILES string of the molecule is Cc1ccc(-c2ccc(-c3ccccc3)cc2)cc1.Cc1ccc(-c2ccc(F)cc2)cc1.Cc1ccc(-c2cccs2)cc1.Cc1ccc(-c2cn(-c3ccccc3)nn2)cc1.Cc1cccc(-c2ccc(-c3ccccc3)cc2)c1.Cc1cccc(-c2ccccc2)c1.Cc1cccc(-c2cn(-c3ccccc3)nn2)c1.Cc1ccccc1-c1ccccc1. The maximum absolute atomic E-state index is 12.7. The number of rotatable bonds is 12. The van der Waals surface area contributed by atoms with Crippen molar-refractivity contribution in [3.8, 4) is 122 Å². The molecule has 618 valence electrons. The molecule has 3 heterocycles. The zero-order valence-electron chi connectivity index (χ0n) is 72.6. The van der Waals surface area contributed by atoms with Gasteiger partial charge in [0, 0.05) is 16.0 Å². The van der Waals surface area contributed by atoms with Crippen LogP contribution in [0.3, 0.4) is 0 Å². The van der Waals surface area contributed by atoms with Crippen LogP contribution < -0.4 is 0 Å². The molecule has 0 spiro atoms. The Morgan fingerprint density at radius 1 is 0.206 bits per heavy atom. The zero-order valence-corrected chi connectivity index (χ0v) is 73.4. The maximum Gasteiger partial charge on any atom is 0.123 e. The van der Waals surface area contributed by atoms with Gasteiger partial charge in [-0.05, 0) is 198 Å². The smallest absolute Gasteiger partial charge is 0.123 e. The highest BCUT2D eigenvalue weighted by molar-refractivity contribution is 7.13. The number of benzene rings is 17. The predicted molar refractivity (Wildman–Crippen MR) is 531 cm³/mol. The van der Waals surface area contributed by atoms with Gasteiger partial charge in [0.05, 0.1) is 23.8 Å². The molecule has 0 unspecified atom stereocenters. The second-order valence-electron chi connectivity index (χ2n) is 30.8. The third-order valence-electron chi connectivity index (χ3n) is 20.9. The number of nitrogens with zero attached hydrogens (tertiary/aromatic N) is 6. The fourth-order valence-corrected chi connectivity index (χ4v) is 14.5. The minimum absolute atomic E-state index is 0.194. The van der Waals surface area contributed by atoms with Crippen LogP contribution in [-0.4, -0.2) is 30.0 Å². The van der Waals surface area contributed by atoms with Gasteiger partial charge in [0.2, 0.25) is 0 Å². The van der Waals surface area contributed by atoms with Gasteiger partial charge < -0.3 is 0 Å². The topological polar surface area (TPSA) is 61.4 Å². The first-order valence-electron chi connectivity index (χ1n) is 42.4. The van der Waals surface area contributed by atoms with Gasteiger partial charge in [-0.1, -0.05) is 462 Å². The summed E-state index contributed by atoms with van der Waals surface area (Å²) in [6, 6.07) is 158. The second kappa shape index (κ2) is 46.1. The molecule has 0 aliphatic heterocycles. The maximum atomic E-state index is 12.7. The minimum Gasteiger partial charge on any atom is -0.220 e. The average molecular weight is 1660 g/mol. The Morgan fingerprint density at radius 2 is 0.476 bits per heavy atom. The molecule has 0 saturated carbocycles. The standard InChI is InChI=1S/2C19H16.2C15H13N3.C13H11F.2C13H12.C11H10S/c1-15-6-5-9-19(14-15)18-12-10-17(11-13-18)16-7-3-2-4-8-16;1-15-7-9-17(10-8-15)19-13-11-18(12-14-19)16-5-3-2-4-6-16;1-12-6-5-7-13(10-12)15-11-18(17-16-15)14-8-3-2-4-9-14;1-12-7-9-13(10-8-12)15-11-18(17-16-15)14-5-3-2-4-6-14;1-10-2-4-11(5-3-10)12-6-8-13(14)9-7-12;1-11-7-5-6-10-13(11)12-8-3-2-4-9-12;1-11-6-5-9-13(10-11)12-7-3-2-4-8-12;1-9-4-6-10(7-5-9)11-3-2-8-12-11/h2*2-14H,1H3;2*2-11H,1H3;2-9H,1H3;2*2-10H,1H3;2-8H,1H3. The van der Waals surface area contributed by atoms with E-state index in [2.05, 4.69) is 409 Å². The van der Waals surface area contributed by atoms with Crippen molar-refractivity contribution in [1.82, 2.24) is 30.0 Å². The molecular formula is C118H103FN6S. The van der Waals surface area contributed by atoms with Crippen molar-refractivity contribution in [2.45, 2.75) is 55.4 Å². The summed E-state index contributed by atoms with van der Waals surface area (Å²) in [7, 11) is 0. The summed E-state index contributed by atoms with van der Waals surface area (Å²) < 4.78 is 16.2. The van der Waals surface area contributed by atoms with Crippen molar-refractivity contribution >= 4 is 11.3 Å². The van der Waals surface area contributed by atoms with E-state index in [9.17, 15) is 4.39 Å². The van der Waals surface area contributed by atoms with Crippen LogP contribution >= 0.6 is 11.3 Å². The van der Waals surface area contributed by atoms with Crippen LogP contribution in [0, 0.1) is 61.2 Å². The molecule has 17 aromatic carbocycles. The highest BCUT2D eigenvalue weighted by Crippen LogP contribution is 2.31. The summed E-state index contributed by atoms with van der Waals surface area (Å²) in [6.07, 6.45) is 3.89. The van der Waals surface area contributed by atoms with Gasteiger partial charge in [0.15, 0.2) is 0 Å². The summed E-state index contributed by atoms with van der Waals surface area (Å²) in [5.74, 6) is -0.194. The molecule has 0 atom stereocenters. The van der Waals surface area contributed by atoms with Gasteiger partial charge in [-0.3, -0.25) is 0 Å². The van der Waals surface area contributed by atoms with E-state index in [0.717, 1.165) is 45.0 Å². The Balaban J connectivity index is 0.000000124. The average Bonchev–Trinajstić information content (AvgIpc) is 1.50. The quantitative estimate of drug-likeness (QED) is 0.122. The summed E-state index contributed by atoms with van der Waals surface area (Å²) in [6.45, 7) is 16.8. The van der Waals surface area contributed by atoms with E-state index in [0.29, 0.717) is 0 Å². The second-order valence-corrected chi connectivity index (χ2v) is 31.7. The van der Waals surface area contributed by atoms with E-state index in [-0.39, 0.29) is 5.82 Å². The first kappa shape index (κ1) is 88.4. The molecule has 8 heteroatoms. The number of aryl methyl sites for hydroxylation is 8. The Kier molecular flexibility index (Phi) is 32.3. The Bertz CT molecular complexity index is 6520. The molecule has 0 fully saturated rings. The Hall–Kier alpha value is -15.4. The first-order chi connectivity index (χ1) is 61.7. The predicted octanol–water partition coefficient (Wildman–Crippen LogP) is 32.0. The fourth-order valence-electron chi connectivity index (χ4n) is 13.8. The van der Waals surface area contributed by atoms with Gasteiger partial charge in [-0.15, -0.1) is 21.5 Å². The van der Waals surface area contributed by atoms with Crippen molar-refractivity contribution in [3.63, 3.8) is 0 Å². The lowest BCUT2D eigenvalue weighted by molar-refractivity contribution is 0.628. The summed E-state index contributed by atoms with van der Waals surface area (Å²) in [4.78, 5) is 1.34. The molecule has 3 aromatic heterocycles. The van der Waals surface area contributed by atoms with E-state index < -0.39 is 0 Å². The summed E-state index contributed by atoms with van der Waals surface area (Å²) in [5, 5.41) is 18.8. The molecule has 0 aliphatic rings. The van der Waals surface area contributed by atoms with Crippen LogP contribution in [0.25, 0.3) is 122 Å². The zero-order chi connectivity index (χ0) is 87.4. The van der Waals surface area contributed by atoms with E-state index in [1.807, 2.05) is 122 Å². The number of hydrogen-bond donors (Lipinski definition) is 0. The van der Waals surface area contributed by atoms with Crippen molar-refractivity contribution < 1.29 is 4.39 Å². The van der Waals surface area contributed by atoms with Crippen molar-refractivity contribution in [1.29, 1.82) is 0 Å². The number of para-hydroxylation sites is 2. The molecule has 0 radical (unpaired) electrons. The lowest BCUT2D eigenvalue weighted by Gasteiger charge is -2.05. The number of hydrogen-bond acceptors (Lipinski definition) is 5. The van der Waals surface area contributed by atoms with Crippen molar-refractivity contribution in [2.24, 2.45) is 0 Å². The van der Waals surface area contributed by atoms with Gasteiger partial charge in [-0.25, -0.2) is 13.8 Å². The van der Waals surface area contributed by atoms with Gasteiger partial charge in [0.25, 0.3) is 0 Å². The minimum atomic E-state index is -0.194. The van der Waals surface area contributed by atoms with Crippen LogP contribution in [-0.2, 0) is 0 Å². The molecule has 20 aromatic rings. The van der Waals surface area contributed by atoms with E-state index >= 15 is 0 Å². The van der Waals surface area contributed by atoms with Gasteiger partial charge >= 0.3 is 0 Å². The third-order valence-corrected chi connectivity index (χ3v) is 21.8. The van der Waals surface area contributed by atoms with Crippen molar-refractivity contribution in [3.05, 3.63) is 529 Å². The molecule has 0 saturated heterocycles.